The van der Waals surface area contributed by atoms with E-state index in [1.807, 2.05) is 17.8 Å². The molecule has 0 unspecified atom stereocenters. The van der Waals surface area contributed by atoms with Gasteiger partial charge in [0.2, 0.25) is 0 Å². The third-order valence-electron chi connectivity index (χ3n) is 6.52. The van der Waals surface area contributed by atoms with Crippen LogP contribution in [0.15, 0.2) is 136 Å². The Bertz CT molecular complexity index is 1670. The second-order valence-corrected chi connectivity index (χ2v) is 9.63. The molecular formula is C32H20OS. The van der Waals surface area contributed by atoms with Crippen molar-refractivity contribution < 1.29 is 4.42 Å². The molecule has 0 bridgehead atoms. The molecule has 0 radical (unpaired) electrons. The maximum absolute atomic E-state index is 6.44. The highest BCUT2D eigenvalue weighted by atomic mass is 32.2. The van der Waals surface area contributed by atoms with Gasteiger partial charge in [0.15, 0.2) is 0 Å². The van der Waals surface area contributed by atoms with Crippen molar-refractivity contribution in [1.29, 1.82) is 0 Å². The fraction of sp³-hybridized carbons (Fsp3) is 0. The number of fused-ring (bicyclic) bond motifs is 2. The molecule has 0 N–H and O–H groups in total. The van der Waals surface area contributed by atoms with Crippen LogP contribution in [-0.4, -0.2) is 0 Å². The molecule has 160 valence electrons. The van der Waals surface area contributed by atoms with Crippen LogP contribution in [0.5, 0.6) is 0 Å². The van der Waals surface area contributed by atoms with E-state index in [9.17, 15) is 0 Å². The number of hydrogen-bond donors (Lipinski definition) is 0. The van der Waals surface area contributed by atoms with Gasteiger partial charge in [-0.3, -0.25) is 0 Å². The lowest BCUT2D eigenvalue weighted by Crippen LogP contribution is -1.93. The van der Waals surface area contributed by atoms with Crippen molar-refractivity contribution in [1.82, 2.24) is 0 Å². The van der Waals surface area contributed by atoms with Gasteiger partial charge in [0.25, 0.3) is 0 Å². The van der Waals surface area contributed by atoms with E-state index in [0.717, 1.165) is 22.6 Å². The molecule has 7 rings (SSSR count). The summed E-state index contributed by atoms with van der Waals surface area (Å²) in [5, 5.41) is 2.63. The van der Waals surface area contributed by atoms with Gasteiger partial charge < -0.3 is 4.42 Å². The maximum Gasteiger partial charge on any atom is 0.135 e. The molecule has 5 aromatic carbocycles. The Hall–Kier alpha value is -4.01. The van der Waals surface area contributed by atoms with E-state index in [0.29, 0.717) is 0 Å². The van der Waals surface area contributed by atoms with Crippen LogP contribution in [0.4, 0.5) is 0 Å². The van der Waals surface area contributed by atoms with Crippen LogP contribution in [0.2, 0.25) is 0 Å². The largest absolute Gasteiger partial charge is 0.456 e. The van der Waals surface area contributed by atoms with Gasteiger partial charge in [-0.2, -0.15) is 0 Å². The molecular weight excluding hydrogens is 432 g/mol. The molecule has 0 saturated carbocycles. The Morgan fingerprint density at radius 2 is 1.18 bits per heavy atom. The topological polar surface area (TPSA) is 13.1 Å². The van der Waals surface area contributed by atoms with Crippen molar-refractivity contribution in [2.24, 2.45) is 0 Å². The summed E-state index contributed by atoms with van der Waals surface area (Å²) in [6.07, 6.45) is 0. The minimum atomic E-state index is 0.883. The van der Waals surface area contributed by atoms with Crippen LogP contribution in [0.1, 0.15) is 0 Å². The van der Waals surface area contributed by atoms with Crippen molar-refractivity contribution in [3.8, 4) is 44.9 Å². The predicted molar refractivity (Wildman–Crippen MR) is 142 cm³/mol. The SMILES string of the molecule is c1ccc(-c2ccccc2-c2ccc(-c3ccc4c(c3)-c3cccc5cccc(c35)S4)o2)cc1. The van der Waals surface area contributed by atoms with Crippen LogP contribution in [0.3, 0.4) is 0 Å². The quantitative estimate of drug-likeness (QED) is 0.265. The lowest BCUT2D eigenvalue weighted by Gasteiger charge is -2.20. The highest BCUT2D eigenvalue weighted by molar-refractivity contribution is 7.99. The van der Waals surface area contributed by atoms with Gasteiger partial charge in [-0.05, 0) is 58.0 Å². The summed E-state index contributed by atoms with van der Waals surface area (Å²) in [4.78, 5) is 2.61. The third kappa shape index (κ3) is 3.11. The first kappa shape index (κ1) is 19.5. The standard InChI is InChI=1S/C32H20OS/c1-2-8-21(9-3-1)24-12-4-5-13-25(24)29-18-17-28(33-29)23-16-19-30-27(20-23)26-14-6-10-22-11-7-15-31(34-30)32(22)26/h1-20H. The fourth-order valence-corrected chi connectivity index (χ4v) is 6.05. The van der Waals surface area contributed by atoms with E-state index in [1.54, 1.807) is 0 Å². The number of hydrogen-bond acceptors (Lipinski definition) is 2. The average molecular weight is 453 g/mol. The first-order valence-corrected chi connectivity index (χ1v) is 12.3. The normalized spacial score (nSPS) is 12.0. The molecule has 0 spiro atoms. The number of rotatable bonds is 3. The molecule has 34 heavy (non-hydrogen) atoms. The summed E-state index contributed by atoms with van der Waals surface area (Å²) < 4.78 is 6.44. The van der Waals surface area contributed by atoms with Crippen LogP contribution in [0, 0.1) is 0 Å². The summed E-state index contributed by atoms with van der Waals surface area (Å²) in [6, 6.07) is 42.9. The number of furan rings is 1. The molecule has 1 aromatic heterocycles. The van der Waals surface area contributed by atoms with Gasteiger partial charge in [-0.15, -0.1) is 0 Å². The third-order valence-corrected chi connectivity index (χ3v) is 7.66. The van der Waals surface area contributed by atoms with E-state index >= 15 is 0 Å². The summed E-state index contributed by atoms with van der Waals surface area (Å²) in [7, 11) is 0. The Labute approximate surface area is 202 Å². The molecule has 1 aliphatic rings. The van der Waals surface area contributed by atoms with E-state index in [2.05, 4.69) is 115 Å². The van der Waals surface area contributed by atoms with Gasteiger partial charge in [0.1, 0.15) is 11.5 Å². The molecule has 1 aliphatic heterocycles. The monoisotopic (exact) mass is 452 g/mol. The van der Waals surface area contributed by atoms with E-state index < -0.39 is 0 Å². The van der Waals surface area contributed by atoms with E-state index in [-0.39, 0.29) is 0 Å². The average Bonchev–Trinajstić information content (AvgIpc) is 3.40. The van der Waals surface area contributed by atoms with Crippen LogP contribution in [0.25, 0.3) is 55.7 Å². The van der Waals surface area contributed by atoms with Crippen LogP contribution >= 0.6 is 11.8 Å². The molecule has 2 heteroatoms. The fourth-order valence-electron chi connectivity index (χ4n) is 4.92. The van der Waals surface area contributed by atoms with Crippen LogP contribution in [-0.2, 0) is 0 Å². The minimum absolute atomic E-state index is 0.883. The minimum Gasteiger partial charge on any atom is -0.456 e. The van der Waals surface area contributed by atoms with Crippen molar-refractivity contribution in [2.45, 2.75) is 9.79 Å². The summed E-state index contributed by atoms with van der Waals surface area (Å²) >= 11 is 1.85. The lowest BCUT2D eigenvalue weighted by atomic mass is 9.96. The smallest absolute Gasteiger partial charge is 0.135 e. The van der Waals surface area contributed by atoms with Crippen molar-refractivity contribution in [3.63, 3.8) is 0 Å². The van der Waals surface area contributed by atoms with Crippen molar-refractivity contribution >= 4 is 22.5 Å². The van der Waals surface area contributed by atoms with Crippen molar-refractivity contribution in [3.05, 3.63) is 121 Å². The van der Waals surface area contributed by atoms with Gasteiger partial charge in [0, 0.05) is 26.3 Å². The zero-order valence-corrected chi connectivity index (χ0v) is 19.2. The summed E-state index contributed by atoms with van der Waals surface area (Å²) in [5.41, 5.74) is 7.13. The van der Waals surface area contributed by atoms with Gasteiger partial charge in [-0.1, -0.05) is 103 Å². The Morgan fingerprint density at radius 1 is 0.441 bits per heavy atom. The molecule has 0 saturated heterocycles. The van der Waals surface area contributed by atoms with Gasteiger partial charge in [0.05, 0.1) is 0 Å². The number of benzene rings is 5. The maximum atomic E-state index is 6.44. The molecule has 6 aromatic rings. The van der Waals surface area contributed by atoms with Crippen LogP contribution < -0.4 is 0 Å². The molecule has 2 heterocycles. The zero-order valence-electron chi connectivity index (χ0n) is 18.4. The Morgan fingerprint density at radius 3 is 2.06 bits per heavy atom. The molecule has 1 nitrogen and oxygen atoms in total. The summed E-state index contributed by atoms with van der Waals surface area (Å²) in [5.74, 6) is 1.77. The van der Waals surface area contributed by atoms with Gasteiger partial charge >= 0.3 is 0 Å². The summed E-state index contributed by atoms with van der Waals surface area (Å²) in [6.45, 7) is 0. The molecule has 0 aliphatic carbocycles. The predicted octanol–water partition coefficient (Wildman–Crippen LogP) is 9.57. The van der Waals surface area contributed by atoms with E-state index in [4.69, 9.17) is 4.42 Å². The zero-order chi connectivity index (χ0) is 22.5. The first-order chi connectivity index (χ1) is 16.8. The van der Waals surface area contributed by atoms with Gasteiger partial charge in [-0.25, -0.2) is 0 Å². The van der Waals surface area contributed by atoms with E-state index in [1.165, 1.54) is 42.8 Å². The second kappa shape index (κ2) is 7.79. The Kier molecular flexibility index (Phi) is 4.46. The molecule has 0 atom stereocenters. The molecule has 0 fully saturated rings. The highest BCUT2D eigenvalue weighted by Gasteiger charge is 2.20. The highest BCUT2D eigenvalue weighted by Crippen LogP contribution is 2.49. The molecule has 0 amide bonds. The Balaban J connectivity index is 1.33. The first-order valence-electron chi connectivity index (χ1n) is 11.4. The second-order valence-electron chi connectivity index (χ2n) is 8.55. The van der Waals surface area contributed by atoms with Crippen molar-refractivity contribution in [2.75, 3.05) is 0 Å². The lowest BCUT2D eigenvalue weighted by molar-refractivity contribution is 0.597.